The number of nitrogens with one attached hydrogen (secondary N) is 2. The molecule has 2 aliphatic heterocycles. The van der Waals surface area contributed by atoms with Crippen molar-refractivity contribution in [1.82, 2.24) is 20.2 Å². The number of imide groups is 1. The Morgan fingerprint density at radius 1 is 1.43 bits per heavy atom. The molecule has 0 spiro atoms. The van der Waals surface area contributed by atoms with Gasteiger partial charge < -0.3 is 10.2 Å². The number of carbonyl (C=O) groups is 2. The average molecular weight is 333 g/mol. The second kappa shape index (κ2) is 7.10. The number of anilines is 1. The van der Waals surface area contributed by atoms with Gasteiger partial charge in [0.05, 0.1) is 10.6 Å². The van der Waals surface area contributed by atoms with Crippen molar-refractivity contribution < 1.29 is 9.59 Å². The smallest absolute Gasteiger partial charge is 0.290 e. The molecule has 0 saturated carbocycles. The van der Waals surface area contributed by atoms with Crippen LogP contribution in [0.3, 0.4) is 0 Å². The van der Waals surface area contributed by atoms with Crippen molar-refractivity contribution in [3.8, 4) is 0 Å². The first-order valence-electron chi connectivity index (χ1n) is 7.60. The lowest BCUT2D eigenvalue weighted by Gasteiger charge is -2.28. The summed E-state index contributed by atoms with van der Waals surface area (Å²) in [6.07, 6.45) is 5.60. The fourth-order valence-electron chi connectivity index (χ4n) is 2.60. The van der Waals surface area contributed by atoms with Gasteiger partial charge in [-0.3, -0.25) is 14.9 Å². The van der Waals surface area contributed by atoms with Crippen LogP contribution >= 0.6 is 11.8 Å². The minimum atomic E-state index is -0.376. The first kappa shape index (κ1) is 15.9. The highest BCUT2D eigenvalue weighted by molar-refractivity contribution is 8.18. The van der Waals surface area contributed by atoms with Crippen LogP contribution in [0.2, 0.25) is 0 Å². The molecule has 0 radical (unpaired) electrons. The highest BCUT2D eigenvalue weighted by Gasteiger charge is 2.25. The summed E-state index contributed by atoms with van der Waals surface area (Å²) in [6, 6.07) is 1.71. The Morgan fingerprint density at radius 2 is 2.22 bits per heavy atom. The lowest BCUT2D eigenvalue weighted by molar-refractivity contribution is -0.115. The number of likely N-dealkylation sites (tertiary alicyclic amines) is 1. The van der Waals surface area contributed by atoms with Gasteiger partial charge in [0.15, 0.2) is 0 Å². The van der Waals surface area contributed by atoms with E-state index in [-0.39, 0.29) is 11.1 Å². The van der Waals surface area contributed by atoms with E-state index < -0.39 is 0 Å². The Morgan fingerprint density at radius 3 is 2.91 bits per heavy atom. The van der Waals surface area contributed by atoms with Crippen LogP contribution in [0.1, 0.15) is 18.5 Å². The monoisotopic (exact) mass is 333 g/mol. The van der Waals surface area contributed by atoms with Crippen molar-refractivity contribution in [3.63, 3.8) is 0 Å². The number of thioether (sulfide) groups is 1. The van der Waals surface area contributed by atoms with Gasteiger partial charge in [0.1, 0.15) is 0 Å². The van der Waals surface area contributed by atoms with E-state index in [1.165, 1.54) is 12.8 Å². The highest BCUT2D eigenvalue weighted by Crippen LogP contribution is 2.25. The molecule has 3 rings (SSSR count). The fraction of sp³-hybridized carbons (Fsp3) is 0.467. The van der Waals surface area contributed by atoms with Gasteiger partial charge in [-0.2, -0.15) is 0 Å². The second-order valence-corrected chi connectivity index (χ2v) is 6.80. The number of rotatable bonds is 4. The van der Waals surface area contributed by atoms with Crippen LogP contribution in [-0.4, -0.2) is 52.7 Å². The Labute approximate surface area is 138 Å². The first-order chi connectivity index (χ1) is 11.1. The quantitative estimate of drug-likeness (QED) is 0.808. The maximum absolute atomic E-state index is 11.5. The lowest BCUT2D eigenvalue weighted by atomic mass is 9.97. The second-order valence-electron chi connectivity index (χ2n) is 5.78. The molecule has 122 valence electrons. The maximum Gasteiger partial charge on any atom is 0.290 e. The van der Waals surface area contributed by atoms with E-state index in [0.29, 0.717) is 22.5 Å². The number of piperidine rings is 1. The highest BCUT2D eigenvalue weighted by atomic mass is 32.2. The molecule has 0 bridgehead atoms. The van der Waals surface area contributed by atoms with E-state index in [1.54, 1.807) is 18.3 Å². The molecule has 23 heavy (non-hydrogen) atoms. The zero-order valence-electron chi connectivity index (χ0n) is 12.9. The Balaban J connectivity index is 1.60. The molecular weight excluding hydrogens is 314 g/mol. The predicted octanol–water partition coefficient (Wildman–Crippen LogP) is 1.55. The van der Waals surface area contributed by atoms with Crippen molar-refractivity contribution in [1.29, 1.82) is 0 Å². The van der Waals surface area contributed by atoms with E-state index in [2.05, 4.69) is 32.5 Å². The van der Waals surface area contributed by atoms with Gasteiger partial charge in [-0.1, -0.05) is 0 Å². The van der Waals surface area contributed by atoms with Gasteiger partial charge in [0, 0.05) is 12.7 Å². The third kappa shape index (κ3) is 4.29. The van der Waals surface area contributed by atoms with E-state index in [0.717, 1.165) is 31.4 Å². The van der Waals surface area contributed by atoms with E-state index in [4.69, 9.17) is 0 Å². The maximum atomic E-state index is 11.5. The molecule has 0 aromatic carbocycles. The van der Waals surface area contributed by atoms with Crippen molar-refractivity contribution in [2.24, 2.45) is 5.92 Å². The van der Waals surface area contributed by atoms with Crippen LogP contribution in [0.5, 0.6) is 0 Å². The van der Waals surface area contributed by atoms with E-state index in [1.807, 2.05) is 0 Å². The largest absolute Gasteiger partial charge is 0.354 e. The zero-order chi connectivity index (χ0) is 16.2. The zero-order valence-corrected chi connectivity index (χ0v) is 13.7. The molecule has 0 unspecified atom stereocenters. The molecule has 2 amide bonds. The first-order valence-corrected chi connectivity index (χ1v) is 8.42. The van der Waals surface area contributed by atoms with Gasteiger partial charge in [-0.05, 0) is 62.8 Å². The van der Waals surface area contributed by atoms with Crippen LogP contribution in [0.25, 0.3) is 6.08 Å². The summed E-state index contributed by atoms with van der Waals surface area (Å²) in [5.41, 5.74) is 0.609. The average Bonchev–Trinajstić information content (AvgIpc) is 2.85. The van der Waals surface area contributed by atoms with Crippen molar-refractivity contribution >= 4 is 34.9 Å². The van der Waals surface area contributed by atoms with Crippen LogP contribution in [0.4, 0.5) is 10.7 Å². The summed E-state index contributed by atoms with van der Waals surface area (Å²) in [7, 11) is 2.14. The molecule has 3 heterocycles. The van der Waals surface area contributed by atoms with Crippen molar-refractivity contribution in [3.05, 3.63) is 22.9 Å². The van der Waals surface area contributed by atoms with Crippen molar-refractivity contribution in [2.75, 3.05) is 32.0 Å². The number of hydrogen-bond acceptors (Lipinski definition) is 7. The molecule has 1 aromatic heterocycles. The van der Waals surface area contributed by atoms with Gasteiger partial charge in [-0.25, -0.2) is 9.97 Å². The Bertz CT molecular complexity index is 641. The molecule has 2 aliphatic rings. The number of amides is 2. The topological polar surface area (TPSA) is 87.2 Å². The van der Waals surface area contributed by atoms with Gasteiger partial charge in [0.2, 0.25) is 5.95 Å². The molecule has 0 atom stereocenters. The van der Waals surface area contributed by atoms with Gasteiger partial charge in [0.25, 0.3) is 11.1 Å². The van der Waals surface area contributed by atoms with Crippen LogP contribution < -0.4 is 10.6 Å². The third-order valence-corrected chi connectivity index (χ3v) is 4.80. The SMILES string of the molecule is CN1CCC(CNc2nccc(C=C3SC(=O)NC3=O)n2)CC1. The summed E-state index contributed by atoms with van der Waals surface area (Å²) in [5, 5.41) is 5.15. The molecule has 1 aromatic rings. The van der Waals surface area contributed by atoms with E-state index >= 15 is 0 Å². The lowest BCUT2D eigenvalue weighted by Crippen LogP contribution is -2.33. The van der Waals surface area contributed by atoms with Crippen LogP contribution in [0, 0.1) is 5.92 Å². The van der Waals surface area contributed by atoms with Crippen molar-refractivity contribution in [2.45, 2.75) is 12.8 Å². The summed E-state index contributed by atoms with van der Waals surface area (Å²) in [5.74, 6) is 0.804. The molecule has 2 N–H and O–H groups in total. The van der Waals surface area contributed by atoms with Gasteiger partial charge in [-0.15, -0.1) is 0 Å². The molecule has 7 nitrogen and oxygen atoms in total. The summed E-state index contributed by atoms with van der Waals surface area (Å²) >= 11 is 0.887. The Kier molecular flexibility index (Phi) is 4.92. The number of nitrogens with zero attached hydrogens (tertiary/aromatic N) is 3. The van der Waals surface area contributed by atoms with Crippen LogP contribution in [0.15, 0.2) is 17.2 Å². The predicted molar refractivity (Wildman–Crippen MR) is 89.8 cm³/mol. The molecular formula is C15H19N5O2S. The summed E-state index contributed by atoms with van der Waals surface area (Å²) in [6.45, 7) is 3.10. The minimum Gasteiger partial charge on any atom is -0.354 e. The summed E-state index contributed by atoms with van der Waals surface area (Å²) < 4.78 is 0. The van der Waals surface area contributed by atoms with Crippen LogP contribution in [-0.2, 0) is 4.79 Å². The molecule has 8 heteroatoms. The summed E-state index contributed by atoms with van der Waals surface area (Å²) in [4.78, 5) is 34.0. The number of hydrogen-bond donors (Lipinski definition) is 2. The number of aromatic nitrogens is 2. The third-order valence-electron chi connectivity index (χ3n) is 3.99. The van der Waals surface area contributed by atoms with E-state index in [9.17, 15) is 9.59 Å². The molecule has 0 aliphatic carbocycles. The normalized spacial score (nSPS) is 21.7. The number of carbonyl (C=O) groups excluding carboxylic acids is 2. The standard InChI is InChI=1S/C15H19N5O2S/c1-20-6-3-10(4-7-20)9-17-14-16-5-2-11(18-14)8-12-13(21)19-15(22)23-12/h2,5,8,10H,3-4,6-7,9H2,1H3,(H,16,17,18)(H,19,21,22). The minimum absolute atomic E-state index is 0.351. The fourth-order valence-corrected chi connectivity index (χ4v) is 3.26. The molecule has 2 fully saturated rings. The Hall–Kier alpha value is -1.93. The molecule has 2 saturated heterocycles. The van der Waals surface area contributed by atoms with Gasteiger partial charge >= 0.3 is 0 Å².